The van der Waals surface area contributed by atoms with E-state index >= 15 is 0 Å². The van der Waals surface area contributed by atoms with Crippen LogP contribution in [0, 0.1) is 0 Å². The van der Waals surface area contributed by atoms with E-state index in [1.807, 2.05) is 0 Å². The van der Waals surface area contributed by atoms with Crippen LogP contribution in [-0.4, -0.2) is 53.1 Å². The van der Waals surface area contributed by atoms with Crippen LogP contribution >= 0.6 is 34.8 Å². The van der Waals surface area contributed by atoms with Gasteiger partial charge in [0.15, 0.2) is 18.3 Å². The summed E-state index contributed by atoms with van der Waals surface area (Å²) < 4.78 is 17.0. The quantitative estimate of drug-likeness (QED) is 0.263. The fraction of sp³-hybridized carbons (Fsp3) is 0.667. The lowest BCUT2D eigenvalue weighted by atomic mass is 10.1. The van der Waals surface area contributed by atoms with Crippen molar-refractivity contribution in [1.29, 1.82) is 0 Å². The minimum absolute atomic E-state index is 0.0217. The summed E-state index contributed by atoms with van der Waals surface area (Å²) in [5.41, 5.74) is 0. The van der Waals surface area contributed by atoms with E-state index in [1.165, 1.54) is 0 Å². The van der Waals surface area contributed by atoms with Crippen LogP contribution in [0.3, 0.4) is 0 Å². The van der Waals surface area contributed by atoms with Gasteiger partial charge < -0.3 is 18.9 Å². The summed E-state index contributed by atoms with van der Waals surface area (Å²) >= 11 is 17.2. The van der Waals surface area contributed by atoms with Gasteiger partial charge in [-0.1, -0.05) is 34.8 Å². The van der Waals surface area contributed by atoms with E-state index in [0.29, 0.717) is 0 Å². The number of rotatable bonds is 8. The molecule has 0 aliphatic carbocycles. The summed E-state index contributed by atoms with van der Waals surface area (Å²) in [7, 11) is 0. The molecule has 3 atom stereocenters. The highest BCUT2D eigenvalue weighted by atomic mass is 35.6. The third-order valence-corrected chi connectivity index (χ3v) is 2.91. The molecule has 0 aromatic heterocycles. The van der Waals surface area contributed by atoms with Crippen LogP contribution < -0.4 is 0 Å². The summed E-state index contributed by atoms with van der Waals surface area (Å²) in [5.74, 6) is -2.36. The lowest BCUT2D eigenvalue weighted by molar-refractivity contribution is -0.185. The molecule has 8 nitrogen and oxygen atoms in total. The Morgan fingerprint density at radius 1 is 1.00 bits per heavy atom. The predicted molar refractivity (Wildman–Crippen MR) is 79.0 cm³/mol. The molecule has 0 amide bonds. The Bertz CT molecular complexity index is 448. The normalized spacial score (nSPS) is 14.9. The van der Waals surface area contributed by atoms with E-state index in [2.05, 4.69) is 0 Å². The Labute approximate surface area is 147 Å². The third-order valence-electron chi connectivity index (χ3n) is 2.26. The van der Waals surface area contributed by atoms with Crippen LogP contribution in [0.2, 0.25) is 0 Å². The summed E-state index contributed by atoms with van der Waals surface area (Å²) in [6.07, 6.45) is -4.50. The van der Waals surface area contributed by atoms with Gasteiger partial charge in [-0.3, -0.25) is 19.2 Å². The van der Waals surface area contributed by atoms with Crippen molar-refractivity contribution in [2.45, 2.75) is 42.9 Å². The second-order valence-corrected chi connectivity index (χ2v) is 6.59. The highest BCUT2D eigenvalue weighted by molar-refractivity contribution is 6.68. The standard InChI is InChI=1S/C12H15Cl3O8/c1-6(17)20-4-9(21-5-16)10(22-7(2)18)11(12(13,14)15)23-8(3)19/h5,9-11H,4H2,1-3H3/t9-,10-,11+/m1/s1. The van der Waals surface area contributed by atoms with Crippen molar-refractivity contribution in [2.75, 3.05) is 6.61 Å². The van der Waals surface area contributed by atoms with Crippen molar-refractivity contribution in [3.8, 4) is 0 Å². The maximum Gasteiger partial charge on any atom is 0.303 e. The van der Waals surface area contributed by atoms with Crippen LogP contribution in [0.4, 0.5) is 0 Å². The smallest absolute Gasteiger partial charge is 0.303 e. The highest BCUT2D eigenvalue weighted by Crippen LogP contribution is 2.36. The summed E-state index contributed by atoms with van der Waals surface area (Å²) in [6.45, 7) is 2.70. The van der Waals surface area contributed by atoms with E-state index in [9.17, 15) is 19.2 Å². The zero-order valence-corrected chi connectivity index (χ0v) is 14.7. The molecule has 0 aromatic carbocycles. The zero-order valence-electron chi connectivity index (χ0n) is 12.4. The molecule has 0 heterocycles. The fourth-order valence-corrected chi connectivity index (χ4v) is 2.01. The van der Waals surface area contributed by atoms with E-state index in [0.717, 1.165) is 20.8 Å². The van der Waals surface area contributed by atoms with E-state index in [4.69, 9.17) is 53.8 Å². The first-order valence-electron chi connectivity index (χ1n) is 6.12. The first-order valence-corrected chi connectivity index (χ1v) is 7.26. The van der Waals surface area contributed by atoms with E-state index in [-0.39, 0.29) is 6.47 Å². The van der Waals surface area contributed by atoms with Gasteiger partial charge in [0.25, 0.3) is 6.47 Å². The molecule has 0 saturated carbocycles. The number of alkyl halides is 3. The first kappa shape index (κ1) is 21.8. The topological polar surface area (TPSA) is 105 Å². The van der Waals surface area contributed by atoms with Gasteiger partial charge in [-0.15, -0.1) is 0 Å². The number of esters is 3. The molecule has 132 valence electrons. The lowest BCUT2D eigenvalue weighted by Gasteiger charge is -2.34. The molecule has 0 unspecified atom stereocenters. The average Bonchev–Trinajstić information content (AvgIpc) is 2.36. The zero-order chi connectivity index (χ0) is 18.2. The Morgan fingerprint density at radius 3 is 1.87 bits per heavy atom. The maximum atomic E-state index is 11.3. The molecule has 0 N–H and O–H groups in total. The molecular formula is C12H15Cl3O8. The Balaban J connectivity index is 5.60. The summed E-state index contributed by atoms with van der Waals surface area (Å²) in [4.78, 5) is 44.0. The van der Waals surface area contributed by atoms with Crippen LogP contribution in [-0.2, 0) is 38.1 Å². The van der Waals surface area contributed by atoms with Crippen molar-refractivity contribution < 1.29 is 38.1 Å². The number of carbonyl (C=O) groups excluding carboxylic acids is 4. The molecule has 0 aliphatic heterocycles. The van der Waals surface area contributed by atoms with Crippen LogP contribution in [0.5, 0.6) is 0 Å². The molecule has 0 fully saturated rings. The molecule has 0 bridgehead atoms. The second kappa shape index (κ2) is 9.79. The van der Waals surface area contributed by atoms with Crippen molar-refractivity contribution in [3.63, 3.8) is 0 Å². The summed E-state index contributed by atoms with van der Waals surface area (Å²) in [5, 5.41) is 0. The molecule has 0 aliphatic rings. The number of ether oxygens (including phenoxy) is 4. The number of halogens is 3. The Morgan fingerprint density at radius 2 is 1.52 bits per heavy atom. The maximum absolute atomic E-state index is 11.3. The summed E-state index contributed by atoms with van der Waals surface area (Å²) in [6, 6.07) is 0. The number of carbonyl (C=O) groups is 4. The number of hydrogen-bond acceptors (Lipinski definition) is 8. The molecule has 0 saturated heterocycles. The molecular weight excluding hydrogens is 378 g/mol. The van der Waals surface area contributed by atoms with Gasteiger partial charge >= 0.3 is 17.9 Å². The van der Waals surface area contributed by atoms with Gasteiger partial charge in [0.1, 0.15) is 6.61 Å². The van der Waals surface area contributed by atoms with Crippen LogP contribution in [0.15, 0.2) is 0 Å². The molecule has 0 rings (SSSR count). The number of hydrogen-bond donors (Lipinski definition) is 0. The van der Waals surface area contributed by atoms with Crippen molar-refractivity contribution >= 4 is 59.2 Å². The van der Waals surface area contributed by atoms with Crippen molar-refractivity contribution in [2.24, 2.45) is 0 Å². The monoisotopic (exact) mass is 392 g/mol. The molecule has 0 aromatic rings. The van der Waals surface area contributed by atoms with Crippen LogP contribution in [0.25, 0.3) is 0 Å². The SMILES string of the molecule is CC(=O)OC[C@@H](OC=O)[C@@H](OC(C)=O)[C@H](OC(C)=O)C(Cl)(Cl)Cl. The first-order chi connectivity index (χ1) is 10.5. The molecule has 0 radical (unpaired) electrons. The minimum Gasteiger partial charge on any atom is -0.462 e. The Hall–Kier alpha value is -1.25. The van der Waals surface area contributed by atoms with Crippen molar-refractivity contribution in [3.05, 3.63) is 0 Å². The highest BCUT2D eigenvalue weighted by Gasteiger charge is 2.48. The third kappa shape index (κ3) is 8.83. The van der Waals surface area contributed by atoms with Gasteiger partial charge in [0.2, 0.25) is 3.79 Å². The van der Waals surface area contributed by atoms with Gasteiger partial charge in [0.05, 0.1) is 0 Å². The van der Waals surface area contributed by atoms with Gasteiger partial charge in [-0.2, -0.15) is 0 Å². The van der Waals surface area contributed by atoms with Gasteiger partial charge in [-0.25, -0.2) is 0 Å². The van der Waals surface area contributed by atoms with E-state index in [1.54, 1.807) is 0 Å². The average molecular weight is 394 g/mol. The largest absolute Gasteiger partial charge is 0.462 e. The van der Waals surface area contributed by atoms with Crippen LogP contribution in [0.1, 0.15) is 20.8 Å². The fourth-order valence-electron chi connectivity index (χ4n) is 1.51. The lowest BCUT2D eigenvalue weighted by Crippen LogP contribution is -2.52. The van der Waals surface area contributed by atoms with Crippen molar-refractivity contribution in [1.82, 2.24) is 0 Å². The van der Waals surface area contributed by atoms with E-state index < -0.39 is 46.6 Å². The van der Waals surface area contributed by atoms with Gasteiger partial charge in [-0.05, 0) is 0 Å². The minimum atomic E-state index is -2.22. The second-order valence-electron chi connectivity index (χ2n) is 4.22. The molecule has 11 heteroatoms. The van der Waals surface area contributed by atoms with Gasteiger partial charge in [0, 0.05) is 20.8 Å². The Kier molecular flexibility index (Phi) is 9.26. The predicted octanol–water partition coefficient (Wildman–Crippen LogP) is 1.32. The molecule has 23 heavy (non-hydrogen) atoms. The molecule has 0 spiro atoms.